The smallest absolute Gasteiger partial charge is 0.227 e. The van der Waals surface area contributed by atoms with Crippen molar-refractivity contribution in [2.75, 3.05) is 74.3 Å². The van der Waals surface area contributed by atoms with Crippen molar-refractivity contribution in [1.29, 1.82) is 0 Å². The fourth-order valence-corrected chi connectivity index (χ4v) is 4.98. The van der Waals surface area contributed by atoms with E-state index in [2.05, 4.69) is 53.1 Å². The molecular weight excluding hydrogens is 524 g/mol. The van der Waals surface area contributed by atoms with Gasteiger partial charge < -0.3 is 29.3 Å². The van der Waals surface area contributed by atoms with E-state index < -0.39 is 11.3 Å². The van der Waals surface area contributed by atoms with Gasteiger partial charge in [-0.2, -0.15) is 15.0 Å². The molecule has 0 aliphatic rings. The number of benzene rings is 1. The molecule has 1 atom stereocenters. The Labute approximate surface area is 244 Å². The number of hydrogen-bond acceptors (Lipinski definition) is 9. The van der Waals surface area contributed by atoms with Crippen LogP contribution in [0.4, 0.5) is 17.6 Å². The Morgan fingerprint density at radius 3 is 1.57 bits per heavy atom. The second-order valence-corrected chi connectivity index (χ2v) is 11.2. The summed E-state index contributed by atoms with van der Waals surface area (Å²) < 4.78 is 23.7. The molecule has 0 saturated carbocycles. The first-order valence-corrected chi connectivity index (χ1v) is 16.0. The van der Waals surface area contributed by atoms with Crippen molar-refractivity contribution in [3.63, 3.8) is 0 Å². The second kappa shape index (κ2) is 19.7. The van der Waals surface area contributed by atoms with Gasteiger partial charge in [-0.25, -0.2) is 0 Å². The summed E-state index contributed by atoms with van der Waals surface area (Å²) in [5.41, 5.74) is 1.61. The molecule has 0 bridgehead atoms. The molecule has 1 aromatic carbocycles. The Hall–Kier alpha value is -2.34. The van der Waals surface area contributed by atoms with Gasteiger partial charge in [0.1, 0.15) is 5.82 Å². The van der Waals surface area contributed by atoms with Crippen molar-refractivity contribution in [1.82, 2.24) is 24.8 Å². The SMILES string of the molecule is CCCN(CCC)CCCNc1nc(Cc2ccc(N(C)S(=O)[O-])cc2)nc(NCCCN(CCC)CCC)n1. The van der Waals surface area contributed by atoms with Crippen LogP contribution in [0, 0.1) is 0 Å². The molecule has 0 aliphatic heterocycles. The minimum absolute atomic E-state index is 0.526. The molecule has 1 unspecified atom stereocenters. The molecule has 1 heterocycles. The normalized spacial score (nSPS) is 12.2. The van der Waals surface area contributed by atoms with Gasteiger partial charge in [0.25, 0.3) is 0 Å². The predicted octanol–water partition coefficient (Wildman–Crippen LogP) is 4.54. The van der Waals surface area contributed by atoms with Gasteiger partial charge in [0, 0.05) is 43.5 Å². The van der Waals surface area contributed by atoms with Crippen LogP contribution in [0.2, 0.25) is 0 Å². The lowest BCUT2D eigenvalue weighted by atomic mass is 10.1. The van der Waals surface area contributed by atoms with Crippen LogP contribution in [-0.2, 0) is 17.7 Å². The zero-order valence-corrected chi connectivity index (χ0v) is 26.1. The summed E-state index contributed by atoms with van der Waals surface area (Å²) in [6.45, 7) is 17.1. The van der Waals surface area contributed by atoms with Crippen LogP contribution in [0.25, 0.3) is 0 Å². The molecule has 2 aromatic rings. The average molecular weight is 576 g/mol. The fraction of sp³-hybridized carbons (Fsp3) is 0.690. The van der Waals surface area contributed by atoms with Crippen LogP contribution in [0.15, 0.2) is 24.3 Å². The monoisotopic (exact) mass is 575 g/mol. The van der Waals surface area contributed by atoms with Crippen molar-refractivity contribution in [3.8, 4) is 0 Å². The molecule has 11 heteroatoms. The summed E-state index contributed by atoms with van der Waals surface area (Å²) in [4.78, 5) is 19.1. The highest BCUT2D eigenvalue weighted by molar-refractivity contribution is 7.80. The number of anilines is 3. The van der Waals surface area contributed by atoms with Crippen LogP contribution in [0.5, 0.6) is 0 Å². The summed E-state index contributed by atoms with van der Waals surface area (Å²) in [6, 6.07) is 7.41. The number of hydrogen-bond donors (Lipinski definition) is 2. The van der Waals surface area contributed by atoms with Crippen molar-refractivity contribution >= 4 is 28.9 Å². The highest BCUT2D eigenvalue weighted by Gasteiger charge is 2.10. The predicted molar refractivity (Wildman–Crippen MR) is 167 cm³/mol. The van der Waals surface area contributed by atoms with Crippen LogP contribution < -0.4 is 14.9 Å². The molecule has 10 nitrogen and oxygen atoms in total. The lowest BCUT2D eigenvalue weighted by Gasteiger charge is -2.21. The number of rotatable bonds is 22. The van der Waals surface area contributed by atoms with Crippen molar-refractivity contribution in [2.45, 2.75) is 72.6 Å². The third kappa shape index (κ3) is 12.9. The van der Waals surface area contributed by atoms with Gasteiger partial charge in [0.15, 0.2) is 0 Å². The Bertz CT molecular complexity index is 925. The maximum absolute atomic E-state index is 11.3. The second-order valence-electron chi connectivity index (χ2n) is 10.2. The van der Waals surface area contributed by atoms with Gasteiger partial charge in [-0.1, -0.05) is 39.8 Å². The first kappa shape index (κ1) is 33.9. The highest BCUT2D eigenvalue weighted by atomic mass is 32.2. The van der Waals surface area contributed by atoms with E-state index in [0.717, 1.165) is 70.8 Å². The molecule has 0 fully saturated rings. The molecule has 0 aliphatic carbocycles. The van der Waals surface area contributed by atoms with Gasteiger partial charge in [-0.15, -0.1) is 0 Å². The first-order chi connectivity index (χ1) is 19.4. The molecule has 2 rings (SSSR count). The third-order valence-electron chi connectivity index (χ3n) is 6.60. The molecular formula is C29H51N8O2S-. The van der Waals surface area contributed by atoms with Crippen LogP contribution >= 0.6 is 0 Å². The molecule has 226 valence electrons. The van der Waals surface area contributed by atoms with E-state index in [1.165, 1.54) is 37.0 Å². The average Bonchev–Trinajstić information content (AvgIpc) is 2.94. The van der Waals surface area contributed by atoms with E-state index in [1.807, 2.05) is 12.1 Å². The summed E-state index contributed by atoms with van der Waals surface area (Å²) in [5, 5.41) is 6.83. The van der Waals surface area contributed by atoms with Crippen molar-refractivity contribution in [2.24, 2.45) is 0 Å². The van der Waals surface area contributed by atoms with E-state index in [1.54, 1.807) is 12.1 Å². The summed E-state index contributed by atoms with van der Waals surface area (Å²) >= 11 is -2.30. The maximum Gasteiger partial charge on any atom is 0.227 e. The summed E-state index contributed by atoms with van der Waals surface area (Å²) in [5.74, 6) is 1.84. The Kier molecular flexibility index (Phi) is 16.7. The van der Waals surface area contributed by atoms with Crippen LogP contribution in [0.3, 0.4) is 0 Å². The summed E-state index contributed by atoms with van der Waals surface area (Å²) in [6.07, 6.45) is 7.23. The highest BCUT2D eigenvalue weighted by Crippen LogP contribution is 2.17. The maximum atomic E-state index is 11.3. The Morgan fingerprint density at radius 2 is 1.18 bits per heavy atom. The number of aromatic nitrogens is 3. The van der Waals surface area contributed by atoms with Crippen molar-refractivity contribution in [3.05, 3.63) is 35.7 Å². The van der Waals surface area contributed by atoms with E-state index in [4.69, 9.17) is 9.97 Å². The standard InChI is InChI=1S/C29H52N8O2S/c1-6-18-36(19-7-2)22-10-16-30-28-32-27(24-25-12-14-26(15-13-25)35(5)40(38)39)33-29(34-28)31-17-11-23-37(20-8-3)21-9-4/h12-15H,6-11,16-24H2,1-5H3,(H,38,39)(H2,30,31,32,33,34)/p-1. The third-order valence-corrected chi connectivity index (χ3v) is 7.25. The molecule has 0 spiro atoms. The molecule has 40 heavy (non-hydrogen) atoms. The van der Waals surface area contributed by atoms with Crippen LogP contribution in [0.1, 0.15) is 77.6 Å². The van der Waals surface area contributed by atoms with Crippen LogP contribution in [-0.4, -0.2) is 92.9 Å². The Balaban J connectivity index is 2.06. The van der Waals surface area contributed by atoms with Gasteiger partial charge in [-0.05, 0) is 95.5 Å². The van der Waals surface area contributed by atoms with E-state index >= 15 is 0 Å². The number of nitrogens with zero attached hydrogens (tertiary/aromatic N) is 6. The van der Waals surface area contributed by atoms with Gasteiger partial charge in [0.05, 0.1) is 0 Å². The number of nitrogens with one attached hydrogen (secondary N) is 2. The molecule has 2 N–H and O–H groups in total. The van der Waals surface area contributed by atoms with Gasteiger partial charge in [0.2, 0.25) is 11.9 Å². The summed E-state index contributed by atoms with van der Waals surface area (Å²) in [7, 11) is 1.52. The quantitative estimate of drug-likeness (QED) is 0.154. The molecule has 1 aromatic heterocycles. The lowest BCUT2D eigenvalue weighted by Crippen LogP contribution is -2.28. The molecule has 0 amide bonds. The first-order valence-electron chi connectivity index (χ1n) is 15.0. The topological polar surface area (TPSA) is 113 Å². The minimum Gasteiger partial charge on any atom is -0.755 e. The Morgan fingerprint density at radius 1 is 0.725 bits per heavy atom. The largest absolute Gasteiger partial charge is 0.755 e. The van der Waals surface area contributed by atoms with E-state index in [9.17, 15) is 8.76 Å². The zero-order valence-electron chi connectivity index (χ0n) is 25.3. The fourth-order valence-electron chi connectivity index (χ4n) is 4.69. The van der Waals surface area contributed by atoms with Gasteiger partial charge >= 0.3 is 0 Å². The molecule has 0 saturated heterocycles. The van der Waals surface area contributed by atoms with E-state index in [-0.39, 0.29) is 0 Å². The van der Waals surface area contributed by atoms with Gasteiger partial charge in [-0.3, -0.25) is 4.21 Å². The van der Waals surface area contributed by atoms with Crippen molar-refractivity contribution < 1.29 is 8.76 Å². The molecule has 0 radical (unpaired) electrons. The lowest BCUT2D eigenvalue weighted by molar-refractivity contribution is 0.274. The minimum atomic E-state index is -2.30. The van der Waals surface area contributed by atoms with E-state index in [0.29, 0.717) is 29.8 Å². The zero-order chi connectivity index (χ0) is 29.2.